The van der Waals surface area contributed by atoms with E-state index in [1.807, 2.05) is 0 Å². The number of aliphatic hydroxyl groups excluding tert-OH is 1. The third-order valence-electron chi connectivity index (χ3n) is 1.92. The van der Waals surface area contributed by atoms with Crippen molar-refractivity contribution in [2.45, 2.75) is 12.5 Å². The molecule has 1 atom stereocenters. The summed E-state index contributed by atoms with van der Waals surface area (Å²) >= 11 is 5.89. The fourth-order valence-electron chi connectivity index (χ4n) is 1.17. The molecule has 5 heteroatoms. The van der Waals surface area contributed by atoms with Crippen LogP contribution in [0.25, 0.3) is 0 Å². The lowest BCUT2D eigenvalue weighted by Crippen LogP contribution is -2.18. The summed E-state index contributed by atoms with van der Waals surface area (Å²) in [4.78, 5) is 3.88. The molecule has 0 amide bonds. The van der Waals surface area contributed by atoms with E-state index >= 15 is 0 Å². The minimum atomic E-state index is -0.442. The maximum atomic E-state index is 9.39. The number of hydrogen-bond donors (Lipinski definition) is 2. The number of aliphatic hydroxyl groups is 1. The van der Waals surface area contributed by atoms with Gasteiger partial charge in [-0.05, 0) is 12.5 Å². The van der Waals surface area contributed by atoms with E-state index in [0.717, 1.165) is 5.69 Å². The average Bonchev–Trinajstić information content (AvgIpc) is 2.21. The molecule has 0 aliphatic heterocycles. The Morgan fingerprint density at radius 1 is 1.67 bits per heavy atom. The number of nitrogens with zero attached hydrogens (tertiary/aromatic N) is 1. The second-order valence-corrected chi connectivity index (χ2v) is 3.59. The number of aromatic nitrogens is 1. The molecule has 1 unspecified atom stereocenters. The number of anilines is 1. The van der Waals surface area contributed by atoms with Gasteiger partial charge in [-0.25, -0.2) is 0 Å². The van der Waals surface area contributed by atoms with E-state index in [1.165, 1.54) is 0 Å². The Balaban J connectivity index is 2.29. The zero-order chi connectivity index (χ0) is 11.1. The smallest absolute Gasteiger partial charge is 0.0820 e. The lowest BCUT2D eigenvalue weighted by atomic mass is 10.2. The number of ether oxygens (including phenoxy) is 1. The first-order chi connectivity index (χ1) is 7.24. The fraction of sp³-hybridized carbons (Fsp3) is 0.500. The van der Waals surface area contributed by atoms with Crippen LogP contribution in [0.4, 0.5) is 5.69 Å². The van der Waals surface area contributed by atoms with Crippen LogP contribution >= 0.6 is 11.6 Å². The lowest BCUT2D eigenvalue weighted by Gasteiger charge is -2.11. The Kier molecular flexibility index (Phi) is 5.39. The predicted molar refractivity (Wildman–Crippen MR) is 60.2 cm³/mol. The van der Waals surface area contributed by atoms with Crippen LogP contribution in [-0.2, 0) is 4.74 Å². The van der Waals surface area contributed by atoms with Crippen molar-refractivity contribution in [3.8, 4) is 0 Å². The van der Waals surface area contributed by atoms with Gasteiger partial charge in [-0.3, -0.25) is 4.98 Å². The van der Waals surface area contributed by atoms with Gasteiger partial charge in [0.05, 0.1) is 23.4 Å². The van der Waals surface area contributed by atoms with Crippen molar-refractivity contribution >= 4 is 17.3 Å². The maximum absolute atomic E-state index is 9.39. The van der Waals surface area contributed by atoms with Crippen LogP contribution in [0.3, 0.4) is 0 Å². The minimum absolute atomic E-state index is 0.353. The summed E-state index contributed by atoms with van der Waals surface area (Å²) in [5.74, 6) is 0. The monoisotopic (exact) mass is 230 g/mol. The Bertz CT molecular complexity index is 297. The Morgan fingerprint density at radius 2 is 2.47 bits per heavy atom. The summed E-state index contributed by atoms with van der Waals surface area (Å²) in [7, 11) is 1.57. The molecule has 1 heterocycles. The highest BCUT2D eigenvalue weighted by molar-refractivity contribution is 6.33. The number of rotatable bonds is 6. The Morgan fingerprint density at radius 3 is 3.13 bits per heavy atom. The number of hydrogen-bond acceptors (Lipinski definition) is 4. The van der Waals surface area contributed by atoms with Gasteiger partial charge < -0.3 is 15.2 Å². The van der Waals surface area contributed by atoms with E-state index in [0.29, 0.717) is 24.6 Å². The molecule has 0 aromatic carbocycles. The normalized spacial score (nSPS) is 12.5. The van der Waals surface area contributed by atoms with Gasteiger partial charge in [0, 0.05) is 26.0 Å². The van der Waals surface area contributed by atoms with Gasteiger partial charge in [0.25, 0.3) is 0 Å². The number of nitrogens with one attached hydrogen (secondary N) is 1. The van der Waals surface area contributed by atoms with Crippen molar-refractivity contribution in [2.24, 2.45) is 0 Å². The van der Waals surface area contributed by atoms with Gasteiger partial charge in [-0.15, -0.1) is 0 Å². The molecule has 4 nitrogen and oxygen atoms in total. The largest absolute Gasteiger partial charge is 0.391 e. The van der Waals surface area contributed by atoms with Crippen LogP contribution in [0, 0.1) is 0 Å². The second-order valence-electron chi connectivity index (χ2n) is 3.18. The molecule has 0 radical (unpaired) electrons. The molecular formula is C10H15ClN2O2. The zero-order valence-electron chi connectivity index (χ0n) is 8.61. The number of methoxy groups -OCH3 is 1. The van der Waals surface area contributed by atoms with Crippen LogP contribution in [0.2, 0.25) is 5.02 Å². The molecule has 15 heavy (non-hydrogen) atoms. The van der Waals surface area contributed by atoms with E-state index in [4.69, 9.17) is 16.3 Å². The Hall–Kier alpha value is -0.840. The summed E-state index contributed by atoms with van der Waals surface area (Å²) < 4.78 is 4.82. The van der Waals surface area contributed by atoms with Crippen molar-refractivity contribution < 1.29 is 9.84 Å². The molecule has 0 aliphatic rings. The molecule has 0 saturated heterocycles. The quantitative estimate of drug-likeness (QED) is 0.779. The molecule has 1 aromatic heterocycles. The summed E-state index contributed by atoms with van der Waals surface area (Å²) in [6, 6.07) is 1.80. The van der Waals surface area contributed by atoms with Gasteiger partial charge in [-0.2, -0.15) is 0 Å². The standard InChI is InChI=1S/C10H15ClN2O2/c1-15-7-8(14)2-5-13-10-3-4-12-6-9(10)11/h3-4,6,8,14H,2,5,7H2,1H3,(H,12,13). The SMILES string of the molecule is COCC(O)CCNc1ccncc1Cl. The van der Waals surface area contributed by atoms with Gasteiger partial charge in [0.1, 0.15) is 0 Å². The molecule has 2 N–H and O–H groups in total. The molecule has 84 valence electrons. The molecule has 0 saturated carbocycles. The van der Waals surface area contributed by atoms with E-state index in [1.54, 1.807) is 25.6 Å². The molecule has 1 aromatic rings. The molecule has 0 aliphatic carbocycles. The molecular weight excluding hydrogens is 216 g/mol. The van der Waals surface area contributed by atoms with Crippen molar-refractivity contribution in [3.63, 3.8) is 0 Å². The first-order valence-electron chi connectivity index (χ1n) is 4.74. The number of halogens is 1. The van der Waals surface area contributed by atoms with E-state index in [2.05, 4.69) is 10.3 Å². The molecule has 0 fully saturated rings. The van der Waals surface area contributed by atoms with Crippen molar-refractivity contribution in [3.05, 3.63) is 23.5 Å². The van der Waals surface area contributed by atoms with Crippen LogP contribution in [-0.4, -0.2) is 36.5 Å². The van der Waals surface area contributed by atoms with Gasteiger partial charge in [-0.1, -0.05) is 11.6 Å². The summed E-state index contributed by atoms with van der Waals surface area (Å²) in [6.07, 6.45) is 3.42. The van der Waals surface area contributed by atoms with Gasteiger partial charge >= 0.3 is 0 Å². The molecule has 0 spiro atoms. The van der Waals surface area contributed by atoms with Crippen LogP contribution in [0.5, 0.6) is 0 Å². The highest BCUT2D eigenvalue weighted by atomic mass is 35.5. The summed E-state index contributed by atoms with van der Waals surface area (Å²) in [5, 5.41) is 13.1. The highest BCUT2D eigenvalue weighted by Crippen LogP contribution is 2.18. The first kappa shape index (κ1) is 12.2. The third kappa shape index (κ3) is 4.46. The first-order valence-corrected chi connectivity index (χ1v) is 5.12. The van der Waals surface area contributed by atoms with Crippen molar-refractivity contribution in [2.75, 3.05) is 25.6 Å². The summed E-state index contributed by atoms with van der Waals surface area (Å²) in [5.41, 5.74) is 0.830. The third-order valence-corrected chi connectivity index (χ3v) is 2.23. The van der Waals surface area contributed by atoms with Crippen molar-refractivity contribution in [1.82, 2.24) is 4.98 Å². The van der Waals surface area contributed by atoms with Crippen molar-refractivity contribution in [1.29, 1.82) is 0 Å². The van der Waals surface area contributed by atoms with Gasteiger partial charge in [0.2, 0.25) is 0 Å². The minimum Gasteiger partial charge on any atom is -0.391 e. The van der Waals surface area contributed by atoms with Gasteiger partial charge in [0.15, 0.2) is 0 Å². The van der Waals surface area contributed by atoms with E-state index in [9.17, 15) is 5.11 Å². The lowest BCUT2D eigenvalue weighted by molar-refractivity contribution is 0.0615. The highest BCUT2D eigenvalue weighted by Gasteiger charge is 2.03. The topological polar surface area (TPSA) is 54.4 Å². The second kappa shape index (κ2) is 6.61. The number of pyridine rings is 1. The maximum Gasteiger partial charge on any atom is 0.0820 e. The molecule has 0 bridgehead atoms. The van der Waals surface area contributed by atoms with E-state index < -0.39 is 6.10 Å². The van der Waals surface area contributed by atoms with Crippen LogP contribution in [0.15, 0.2) is 18.5 Å². The predicted octanol–water partition coefficient (Wildman–Crippen LogP) is 1.54. The van der Waals surface area contributed by atoms with E-state index in [-0.39, 0.29) is 0 Å². The van der Waals surface area contributed by atoms with Crippen LogP contribution < -0.4 is 5.32 Å². The Labute approximate surface area is 94.2 Å². The summed E-state index contributed by atoms with van der Waals surface area (Å²) in [6.45, 7) is 1.00. The van der Waals surface area contributed by atoms with Crippen LogP contribution in [0.1, 0.15) is 6.42 Å². The zero-order valence-corrected chi connectivity index (χ0v) is 9.37. The molecule has 1 rings (SSSR count). The fourth-order valence-corrected chi connectivity index (χ4v) is 1.35. The average molecular weight is 231 g/mol.